The fourth-order valence-electron chi connectivity index (χ4n) is 7.60. The Balaban J connectivity index is 1.13. The van der Waals surface area contributed by atoms with E-state index in [1.165, 1.54) is 0 Å². The number of rotatable bonds is 12. The summed E-state index contributed by atoms with van der Waals surface area (Å²) in [7, 11) is 8.53. The van der Waals surface area contributed by atoms with Crippen molar-refractivity contribution in [2.24, 2.45) is 30.9 Å². The molecule has 0 bridgehead atoms. The van der Waals surface area contributed by atoms with Crippen LogP contribution in [0.25, 0.3) is 22.1 Å². The van der Waals surface area contributed by atoms with E-state index in [1.54, 1.807) is 18.7 Å². The second kappa shape index (κ2) is 16.1. The molecule has 3 aromatic carbocycles. The Labute approximate surface area is 344 Å². The van der Waals surface area contributed by atoms with Crippen molar-refractivity contribution in [2.45, 2.75) is 33.1 Å². The van der Waals surface area contributed by atoms with Gasteiger partial charge in [-0.15, -0.1) is 0 Å². The van der Waals surface area contributed by atoms with E-state index in [-0.39, 0.29) is 17.7 Å². The number of nitrogens with one attached hydrogen (secondary N) is 1. The third-order valence-electron chi connectivity index (χ3n) is 11.0. The van der Waals surface area contributed by atoms with Crippen LogP contribution in [0.3, 0.4) is 0 Å². The van der Waals surface area contributed by atoms with Crippen LogP contribution >= 0.6 is 9.24 Å². The third kappa shape index (κ3) is 7.61. The normalized spacial score (nSPS) is 14.9. The number of pyridine rings is 2. The number of amides is 1. The van der Waals surface area contributed by atoms with Crippen LogP contribution < -0.4 is 15.1 Å². The highest BCUT2D eigenvalue weighted by atomic mass is 31.0. The van der Waals surface area contributed by atoms with Crippen LogP contribution in [-0.2, 0) is 31.7 Å². The molecule has 0 aliphatic heterocycles. The lowest BCUT2D eigenvalue weighted by molar-refractivity contribution is -0.117. The maximum Gasteiger partial charge on any atom is 0.229 e. The first-order chi connectivity index (χ1) is 28.6. The van der Waals surface area contributed by atoms with Crippen LogP contribution in [0.1, 0.15) is 48.1 Å². The van der Waals surface area contributed by atoms with E-state index in [9.17, 15) is 15.3 Å². The Morgan fingerprint density at radius 3 is 2.12 bits per heavy atom. The molecule has 3 unspecified atom stereocenters. The molecule has 14 heteroatoms. The van der Waals surface area contributed by atoms with E-state index in [2.05, 4.69) is 55.4 Å². The highest BCUT2D eigenvalue weighted by Gasteiger charge is 2.45. The number of anilines is 5. The zero-order valence-corrected chi connectivity index (χ0v) is 34.7. The first-order valence-corrected chi connectivity index (χ1v) is 20.1. The molecular weight excluding hydrogens is 756 g/mol. The van der Waals surface area contributed by atoms with Gasteiger partial charge in [-0.3, -0.25) is 4.79 Å². The summed E-state index contributed by atoms with van der Waals surface area (Å²) in [5, 5.41) is 22.4. The minimum atomic E-state index is -0.289. The monoisotopic (exact) mass is 798 g/mol. The molecule has 59 heavy (non-hydrogen) atoms. The van der Waals surface area contributed by atoms with Gasteiger partial charge in [-0.1, -0.05) is 53.4 Å². The molecule has 1 amide bonds. The van der Waals surface area contributed by atoms with Crippen LogP contribution in [0.5, 0.6) is 0 Å². The number of imidazole rings is 2. The molecular formula is C45H43N12OP. The standard InChI is InChI=1S/C45H43N12OP/c1-6-29-17-27(22-46)13-15-34(29)56(5)38-20-36-40(48-25-54(36)3)42(50-38)52-44(58)33-19-32(33)24-57(35-16-14-28(23-47)18-30(35)7-2)39-21-37-41(49-26-55(37)4)43(51-39)53-45(59)31-11-9-8-10-12-31/h8-18,20-21,25-26,32-33H,6-7,19,24,59H2,1-5H3,(H,50,52,58). The summed E-state index contributed by atoms with van der Waals surface area (Å²) in [6.45, 7) is 4.62. The number of hydrogen-bond donors (Lipinski definition) is 1. The van der Waals surface area contributed by atoms with E-state index < -0.39 is 0 Å². The molecule has 0 saturated heterocycles. The van der Waals surface area contributed by atoms with Crippen molar-refractivity contribution in [2.75, 3.05) is 28.7 Å². The molecule has 4 aromatic heterocycles. The largest absolute Gasteiger partial charge is 0.334 e. The fraction of sp³-hybridized carbons (Fsp3) is 0.244. The van der Waals surface area contributed by atoms with Crippen molar-refractivity contribution >= 4 is 77.3 Å². The molecule has 0 radical (unpaired) electrons. The molecule has 1 N–H and O–H groups in total. The average molecular weight is 799 g/mol. The van der Waals surface area contributed by atoms with Gasteiger partial charge >= 0.3 is 0 Å². The number of nitrogens with zero attached hydrogens (tertiary/aromatic N) is 11. The predicted molar refractivity (Wildman–Crippen MR) is 236 cm³/mol. The number of fused-ring (bicyclic) bond motifs is 2. The highest BCUT2D eigenvalue weighted by molar-refractivity contribution is 7.42. The molecule has 1 aliphatic rings. The Kier molecular flexibility index (Phi) is 10.6. The summed E-state index contributed by atoms with van der Waals surface area (Å²) in [6.07, 6.45) is 5.57. The van der Waals surface area contributed by atoms with E-state index in [1.807, 2.05) is 108 Å². The molecule has 1 fully saturated rings. The number of carbonyl (C=O) groups excluding carboxylic acids is 1. The lowest BCUT2D eigenvalue weighted by Gasteiger charge is -2.27. The van der Waals surface area contributed by atoms with Crippen LogP contribution in [0.15, 0.2) is 96.5 Å². The van der Waals surface area contributed by atoms with E-state index >= 15 is 0 Å². The number of carbonyl (C=O) groups is 1. The Morgan fingerprint density at radius 1 is 0.847 bits per heavy atom. The Bertz CT molecular complexity index is 2870. The van der Waals surface area contributed by atoms with Crippen molar-refractivity contribution in [3.63, 3.8) is 0 Å². The molecule has 3 atom stereocenters. The number of aliphatic imine (C=N–C) groups is 1. The SMILES string of the molecule is CCc1cc(C#N)ccc1N(C)c1cc2c(ncn2C)c(NC(=O)C2CC2CN(c2cc3c(ncn3C)c(N=C(P)c3ccccc3)n2)c2ccc(C#N)cc2CC)n1. The van der Waals surface area contributed by atoms with Gasteiger partial charge in [-0.25, -0.2) is 24.9 Å². The summed E-state index contributed by atoms with van der Waals surface area (Å²) in [5.41, 5.74) is 9.68. The molecule has 8 rings (SSSR count). The second-order valence-corrected chi connectivity index (χ2v) is 15.4. The number of aryl methyl sites for hydroxylation is 4. The van der Waals surface area contributed by atoms with Crippen molar-refractivity contribution in [3.05, 3.63) is 119 Å². The number of hydrogen-bond acceptors (Lipinski definition) is 10. The smallest absolute Gasteiger partial charge is 0.229 e. The summed E-state index contributed by atoms with van der Waals surface area (Å²) in [5.74, 6) is 1.74. The van der Waals surface area contributed by atoms with E-state index in [4.69, 9.17) is 15.0 Å². The van der Waals surface area contributed by atoms with Gasteiger partial charge in [0.1, 0.15) is 22.7 Å². The molecule has 1 saturated carbocycles. The van der Waals surface area contributed by atoms with Crippen molar-refractivity contribution in [1.82, 2.24) is 29.1 Å². The number of benzene rings is 3. The van der Waals surface area contributed by atoms with Crippen LogP contribution in [0, 0.1) is 34.5 Å². The van der Waals surface area contributed by atoms with Gasteiger partial charge in [-0.2, -0.15) is 10.5 Å². The zero-order chi connectivity index (χ0) is 41.4. The predicted octanol–water partition coefficient (Wildman–Crippen LogP) is 8.25. The molecule has 294 valence electrons. The quantitative estimate of drug-likeness (QED) is 0.0950. The van der Waals surface area contributed by atoms with Crippen molar-refractivity contribution in [1.29, 1.82) is 10.5 Å². The van der Waals surface area contributed by atoms with E-state index in [0.29, 0.717) is 64.8 Å². The van der Waals surface area contributed by atoms with Gasteiger partial charge in [0.25, 0.3) is 0 Å². The molecule has 7 aromatic rings. The van der Waals surface area contributed by atoms with Crippen LogP contribution in [-0.4, -0.2) is 54.0 Å². The van der Waals surface area contributed by atoms with Gasteiger partial charge in [0.2, 0.25) is 5.91 Å². The number of nitriles is 2. The van der Waals surface area contributed by atoms with E-state index in [0.717, 1.165) is 51.0 Å². The summed E-state index contributed by atoms with van der Waals surface area (Å²) in [6, 6.07) is 29.8. The number of aromatic nitrogens is 6. The van der Waals surface area contributed by atoms with Gasteiger partial charge < -0.3 is 24.3 Å². The van der Waals surface area contributed by atoms with Crippen molar-refractivity contribution < 1.29 is 4.79 Å². The first-order valence-electron chi connectivity index (χ1n) is 19.5. The topological polar surface area (TPSA) is 157 Å². The first kappa shape index (κ1) is 38.9. The lowest BCUT2D eigenvalue weighted by Crippen LogP contribution is -2.25. The molecule has 4 heterocycles. The maximum atomic E-state index is 14.2. The Morgan fingerprint density at radius 2 is 1.46 bits per heavy atom. The molecule has 1 aliphatic carbocycles. The molecule has 13 nitrogen and oxygen atoms in total. The highest BCUT2D eigenvalue weighted by Crippen LogP contribution is 2.44. The third-order valence-corrected chi connectivity index (χ3v) is 11.5. The second-order valence-electron chi connectivity index (χ2n) is 14.8. The average Bonchev–Trinajstić information content (AvgIpc) is 3.81. The maximum absolute atomic E-state index is 14.2. The van der Waals surface area contributed by atoms with Gasteiger partial charge in [-0.05, 0) is 78.3 Å². The minimum Gasteiger partial charge on any atom is -0.334 e. The van der Waals surface area contributed by atoms with Gasteiger partial charge in [0.05, 0.1) is 52.4 Å². The van der Waals surface area contributed by atoms with Crippen LogP contribution in [0.4, 0.5) is 34.6 Å². The summed E-state index contributed by atoms with van der Waals surface area (Å²) >= 11 is 0. The molecule has 0 spiro atoms. The fourth-order valence-corrected chi connectivity index (χ4v) is 7.91. The lowest BCUT2D eigenvalue weighted by atomic mass is 10.1. The minimum absolute atomic E-state index is 0.0104. The zero-order valence-electron chi connectivity index (χ0n) is 33.5. The summed E-state index contributed by atoms with van der Waals surface area (Å²) < 4.78 is 3.87. The Hall–Kier alpha value is -6.95. The summed E-state index contributed by atoms with van der Waals surface area (Å²) in [4.78, 5) is 42.7. The van der Waals surface area contributed by atoms with Crippen molar-refractivity contribution in [3.8, 4) is 12.1 Å². The van der Waals surface area contributed by atoms with Gasteiger partial charge in [0, 0.05) is 57.1 Å². The van der Waals surface area contributed by atoms with Gasteiger partial charge in [0.15, 0.2) is 11.6 Å². The van der Waals surface area contributed by atoms with Crippen LogP contribution in [0.2, 0.25) is 0 Å².